The van der Waals surface area contributed by atoms with Gasteiger partial charge in [-0.25, -0.2) is 4.79 Å². The summed E-state index contributed by atoms with van der Waals surface area (Å²) in [6, 6.07) is 19.5. The van der Waals surface area contributed by atoms with Crippen molar-refractivity contribution in [1.29, 1.82) is 5.26 Å². The van der Waals surface area contributed by atoms with Crippen LogP contribution in [0.2, 0.25) is 0 Å². The normalized spacial score (nSPS) is 13.5. The number of carbonyl (C=O) groups is 2. The van der Waals surface area contributed by atoms with Gasteiger partial charge in [0.1, 0.15) is 6.07 Å². The zero-order valence-electron chi connectivity index (χ0n) is 23.8. The lowest BCUT2D eigenvalue weighted by Crippen LogP contribution is -2.47. The maximum absolute atomic E-state index is 13.1. The molecule has 3 amide bonds. The topological polar surface area (TPSA) is 92.6 Å². The number of aromatic nitrogens is 1. The lowest BCUT2D eigenvalue weighted by Gasteiger charge is -2.32. The van der Waals surface area contributed by atoms with Crippen LogP contribution in [0, 0.1) is 11.3 Å². The number of urea groups is 1. The van der Waals surface area contributed by atoms with Gasteiger partial charge in [-0.15, -0.1) is 0 Å². The zero-order valence-corrected chi connectivity index (χ0v) is 23.8. The van der Waals surface area contributed by atoms with E-state index in [0.29, 0.717) is 37.1 Å². The molecule has 0 bridgehead atoms. The van der Waals surface area contributed by atoms with Crippen LogP contribution >= 0.6 is 0 Å². The fraction of sp³-hybridized carbons (Fsp3) is 0.273. The second kappa shape index (κ2) is 14.1. The number of nitriles is 1. The largest absolute Gasteiger partial charge is 0.326 e. The van der Waals surface area contributed by atoms with Gasteiger partial charge in [0.25, 0.3) is 0 Å². The standard InChI is InChI=1S/C33H36N6O2/c1-4-29(23-38(3)33(41)36-28-14-9-8-13-26(21-28)25-11-6-5-7-12-25)37(2)19-20-39(24-40)31-17-16-27(22-34)32-30(31)15-10-18-35-32/h5-18,24,29H,4,19-21,23H2,1-3H3,(H,36,41). The van der Waals surface area contributed by atoms with Crippen molar-refractivity contribution < 1.29 is 9.59 Å². The first-order valence-electron chi connectivity index (χ1n) is 13.8. The molecule has 1 heterocycles. The molecule has 1 unspecified atom stereocenters. The number of nitrogens with one attached hydrogen (secondary N) is 1. The van der Waals surface area contributed by atoms with Crippen LogP contribution in [0.25, 0.3) is 16.5 Å². The third-order valence-corrected chi connectivity index (χ3v) is 7.42. The molecule has 0 aliphatic heterocycles. The molecule has 8 heteroatoms. The zero-order chi connectivity index (χ0) is 29.2. The number of allylic oxidation sites excluding steroid dienone is 5. The summed E-state index contributed by atoms with van der Waals surface area (Å²) < 4.78 is 0. The highest BCUT2D eigenvalue weighted by molar-refractivity contribution is 5.99. The molecule has 1 aliphatic rings. The number of anilines is 1. The van der Waals surface area contributed by atoms with Crippen LogP contribution in [-0.2, 0) is 4.79 Å². The van der Waals surface area contributed by atoms with Gasteiger partial charge in [0, 0.05) is 56.4 Å². The van der Waals surface area contributed by atoms with Crippen molar-refractivity contribution in [3.63, 3.8) is 0 Å². The van der Waals surface area contributed by atoms with Gasteiger partial charge in [-0.1, -0.05) is 55.5 Å². The SMILES string of the molecule is CCC(CN(C)C(=O)NC1=CC=CC=C(c2ccccc2)C1)N(C)CCN(C=O)c1ccc(C#N)c2ncccc12. The van der Waals surface area contributed by atoms with Crippen molar-refractivity contribution >= 4 is 34.6 Å². The summed E-state index contributed by atoms with van der Waals surface area (Å²) in [6.45, 7) is 3.69. The van der Waals surface area contributed by atoms with Crippen molar-refractivity contribution in [2.24, 2.45) is 0 Å². The Hall–Kier alpha value is -4.74. The molecular weight excluding hydrogens is 512 g/mol. The van der Waals surface area contributed by atoms with Crippen LogP contribution in [0.3, 0.4) is 0 Å². The van der Waals surface area contributed by atoms with Crippen LogP contribution in [-0.4, -0.2) is 67.0 Å². The first kappa shape index (κ1) is 29.2. The summed E-state index contributed by atoms with van der Waals surface area (Å²) in [7, 11) is 3.82. The number of amides is 3. The van der Waals surface area contributed by atoms with Gasteiger partial charge in [0.2, 0.25) is 6.41 Å². The predicted molar refractivity (Wildman–Crippen MR) is 164 cm³/mol. The Balaban J connectivity index is 1.35. The van der Waals surface area contributed by atoms with Crippen LogP contribution in [0.1, 0.15) is 30.9 Å². The summed E-state index contributed by atoms with van der Waals surface area (Å²) in [6.07, 6.45) is 11.9. The van der Waals surface area contributed by atoms with E-state index in [4.69, 9.17) is 0 Å². The van der Waals surface area contributed by atoms with Crippen molar-refractivity contribution in [2.45, 2.75) is 25.8 Å². The Labute approximate surface area is 241 Å². The predicted octanol–water partition coefficient (Wildman–Crippen LogP) is 5.35. The van der Waals surface area contributed by atoms with Crippen LogP contribution in [0.5, 0.6) is 0 Å². The van der Waals surface area contributed by atoms with Crippen LogP contribution in [0.15, 0.2) is 90.8 Å². The minimum Gasteiger partial charge on any atom is -0.326 e. The number of hydrogen-bond donors (Lipinski definition) is 1. The third kappa shape index (κ3) is 7.27. The minimum absolute atomic E-state index is 0.0985. The summed E-state index contributed by atoms with van der Waals surface area (Å²) >= 11 is 0. The number of carbonyl (C=O) groups excluding carboxylic acids is 2. The van der Waals surface area contributed by atoms with Gasteiger partial charge >= 0.3 is 6.03 Å². The summed E-state index contributed by atoms with van der Waals surface area (Å²) in [5, 5.41) is 13.3. The average molecular weight is 549 g/mol. The van der Waals surface area contributed by atoms with E-state index in [1.54, 1.807) is 41.2 Å². The molecule has 3 aromatic rings. The molecule has 2 aromatic carbocycles. The molecule has 41 heavy (non-hydrogen) atoms. The molecule has 210 valence electrons. The molecule has 0 spiro atoms. The summed E-state index contributed by atoms with van der Waals surface area (Å²) in [5.41, 5.74) is 4.90. The van der Waals surface area contributed by atoms with Gasteiger partial charge in [0.15, 0.2) is 0 Å². The first-order valence-corrected chi connectivity index (χ1v) is 13.8. The van der Waals surface area contributed by atoms with Crippen LogP contribution in [0.4, 0.5) is 10.5 Å². The maximum Gasteiger partial charge on any atom is 0.321 e. The Bertz CT molecular complexity index is 1510. The fourth-order valence-corrected chi connectivity index (χ4v) is 4.99. The molecule has 0 fully saturated rings. The third-order valence-electron chi connectivity index (χ3n) is 7.42. The monoisotopic (exact) mass is 548 g/mol. The number of benzene rings is 2. The number of likely N-dealkylation sites (N-methyl/N-ethyl adjacent to an activating group) is 2. The highest BCUT2D eigenvalue weighted by Gasteiger charge is 2.21. The van der Waals surface area contributed by atoms with E-state index in [9.17, 15) is 14.9 Å². The fourth-order valence-electron chi connectivity index (χ4n) is 4.99. The molecular formula is C33H36N6O2. The van der Waals surface area contributed by atoms with E-state index in [1.165, 1.54) is 0 Å². The van der Waals surface area contributed by atoms with Gasteiger partial charge in [0.05, 0.1) is 16.8 Å². The summed E-state index contributed by atoms with van der Waals surface area (Å²) in [4.78, 5) is 35.1. The molecule has 0 saturated heterocycles. The van der Waals surface area contributed by atoms with Gasteiger partial charge in [-0.2, -0.15) is 5.26 Å². The molecule has 8 nitrogen and oxygen atoms in total. The van der Waals surface area contributed by atoms with E-state index in [0.717, 1.165) is 40.7 Å². The molecule has 1 aliphatic carbocycles. The minimum atomic E-state index is -0.156. The number of nitrogens with zero attached hydrogens (tertiary/aromatic N) is 5. The second-order valence-corrected chi connectivity index (χ2v) is 10.1. The van der Waals surface area contributed by atoms with Crippen LogP contribution < -0.4 is 10.2 Å². The van der Waals surface area contributed by atoms with E-state index >= 15 is 0 Å². The van der Waals surface area contributed by atoms with E-state index < -0.39 is 0 Å². The number of pyridine rings is 1. The first-order chi connectivity index (χ1) is 19.9. The Morgan fingerprint density at radius 2 is 1.85 bits per heavy atom. The van der Waals surface area contributed by atoms with Gasteiger partial charge in [-0.05, 0) is 54.9 Å². The lowest BCUT2D eigenvalue weighted by molar-refractivity contribution is -0.107. The van der Waals surface area contributed by atoms with Crippen molar-refractivity contribution in [1.82, 2.24) is 20.1 Å². The van der Waals surface area contributed by atoms with E-state index in [1.807, 2.05) is 49.5 Å². The number of hydrogen-bond acceptors (Lipinski definition) is 5. The quantitative estimate of drug-likeness (QED) is 0.326. The highest BCUT2D eigenvalue weighted by atomic mass is 16.2. The Morgan fingerprint density at radius 1 is 1.07 bits per heavy atom. The average Bonchev–Trinajstić information content (AvgIpc) is 3.25. The van der Waals surface area contributed by atoms with Crippen molar-refractivity contribution in [3.8, 4) is 6.07 Å². The van der Waals surface area contributed by atoms with Crippen molar-refractivity contribution in [3.05, 3.63) is 102 Å². The lowest BCUT2D eigenvalue weighted by atomic mass is 10.0. The number of fused-ring (bicyclic) bond motifs is 1. The second-order valence-electron chi connectivity index (χ2n) is 10.1. The highest BCUT2D eigenvalue weighted by Crippen LogP contribution is 2.27. The molecule has 1 aromatic heterocycles. The number of rotatable bonds is 11. The Kier molecular flexibility index (Phi) is 10.0. The van der Waals surface area contributed by atoms with E-state index in [2.05, 4.69) is 46.4 Å². The maximum atomic E-state index is 13.1. The Morgan fingerprint density at radius 3 is 2.59 bits per heavy atom. The van der Waals surface area contributed by atoms with Gasteiger partial charge < -0.3 is 15.1 Å². The van der Waals surface area contributed by atoms with E-state index in [-0.39, 0.29) is 12.1 Å². The smallest absolute Gasteiger partial charge is 0.321 e. The molecule has 1 N–H and O–H groups in total. The van der Waals surface area contributed by atoms with Gasteiger partial charge in [-0.3, -0.25) is 14.7 Å². The molecule has 0 radical (unpaired) electrons. The molecule has 4 rings (SSSR count). The molecule has 1 atom stereocenters. The summed E-state index contributed by atoms with van der Waals surface area (Å²) in [5.74, 6) is 0. The van der Waals surface area contributed by atoms with Crippen molar-refractivity contribution in [2.75, 3.05) is 38.6 Å². The molecule has 0 saturated carbocycles.